The van der Waals surface area contributed by atoms with Crippen LogP contribution >= 0.6 is 0 Å². The molecule has 2 N–H and O–H groups in total. The van der Waals surface area contributed by atoms with Gasteiger partial charge in [-0.2, -0.15) is 0 Å². The van der Waals surface area contributed by atoms with Gasteiger partial charge in [-0.3, -0.25) is 0 Å². The van der Waals surface area contributed by atoms with Crippen molar-refractivity contribution in [1.82, 2.24) is 5.32 Å². The quantitative estimate of drug-likeness (QED) is 0.836. The lowest BCUT2D eigenvalue weighted by Gasteiger charge is -2.11. The number of benzene rings is 2. The summed E-state index contributed by atoms with van der Waals surface area (Å²) in [6.45, 7) is 8.20. The molecule has 0 atom stereocenters. The molecule has 0 spiro atoms. The normalized spacial score (nSPS) is 10.2. The van der Waals surface area contributed by atoms with Crippen LogP contribution in [0.1, 0.15) is 22.3 Å². The summed E-state index contributed by atoms with van der Waals surface area (Å²) in [5, 5.41) is 5.48. The Morgan fingerprint density at radius 1 is 0.955 bits per heavy atom. The first kappa shape index (κ1) is 15.9. The average molecular weight is 298 g/mol. The summed E-state index contributed by atoms with van der Waals surface area (Å²) in [6, 6.07) is 11.5. The molecular weight excluding hydrogens is 276 g/mol. The van der Waals surface area contributed by atoms with Crippen molar-refractivity contribution in [2.75, 3.05) is 12.0 Å². The summed E-state index contributed by atoms with van der Waals surface area (Å²) >= 11 is 0. The maximum Gasteiger partial charge on any atom is 0.321 e. The molecule has 22 heavy (non-hydrogen) atoms. The van der Waals surface area contributed by atoms with Crippen LogP contribution in [0.2, 0.25) is 0 Å². The Bertz CT molecular complexity index is 661. The Morgan fingerprint density at radius 2 is 1.64 bits per heavy atom. The van der Waals surface area contributed by atoms with E-state index in [-0.39, 0.29) is 12.8 Å². The van der Waals surface area contributed by atoms with Gasteiger partial charge < -0.3 is 15.4 Å². The molecule has 2 rings (SSSR count). The smallest absolute Gasteiger partial charge is 0.321 e. The number of ether oxygens (including phenoxy) is 1. The predicted octanol–water partition coefficient (Wildman–Crippen LogP) is 4.08. The summed E-state index contributed by atoms with van der Waals surface area (Å²) in [5.41, 5.74) is 5.38. The van der Waals surface area contributed by atoms with E-state index >= 15 is 0 Å². The maximum absolute atomic E-state index is 11.8. The molecule has 2 aromatic rings. The van der Waals surface area contributed by atoms with Crippen molar-refractivity contribution >= 4 is 11.7 Å². The minimum Gasteiger partial charge on any atom is -0.473 e. The third-order valence-electron chi connectivity index (χ3n) is 3.43. The van der Waals surface area contributed by atoms with Gasteiger partial charge in [0.2, 0.25) is 0 Å². The SMILES string of the molecule is Cc1cc(C)cc(NC(=O)NCOc2ccc(C)c(C)c2)c1. The van der Waals surface area contributed by atoms with Crippen molar-refractivity contribution in [3.05, 3.63) is 58.7 Å². The molecule has 0 aliphatic heterocycles. The Morgan fingerprint density at radius 3 is 2.27 bits per heavy atom. The summed E-state index contributed by atoms with van der Waals surface area (Å²) < 4.78 is 5.53. The van der Waals surface area contributed by atoms with Crippen LogP contribution < -0.4 is 15.4 Å². The number of hydrogen-bond acceptors (Lipinski definition) is 2. The Kier molecular flexibility index (Phi) is 5.04. The van der Waals surface area contributed by atoms with Gasteiger partial charge in [-0.1, -0.05) is 12.1 Å². The van der Waals surface area contributed by atoms with E-state index in [1.165, 1.54) is 5.56 Å². The van der Waals surface area contributed by atoms with Gasteiger partial charge >= 0.3 is 6.03 Å². The molecule has 0 saturated heterocycles. The fourth-order valence-corrected chi connectivity index (χ4v) is 2.21. The molecule has 0 aliphatic carbocycles. The zero-order chi connectivity index (χ0) is 16.1. The first-order chi connectivity index (χ1) is 10.4. The number of nitrogens with one attached hydrogen (secondary N) is 2. The van der Waals surface area contributed by atoms with Crippen LogP contribution in [0.25, 0.3) is 0 Å². The van der Waals surface area contributed by atoms with Crippen LogP contribution in [0.15, 0.2) is 36.4 Å². The van der Waals surface area contributed by atoms with Crippen LogP contribution in [0.5, 0.6) is 5.75 Å². The Hall–Kier alpha value is -2.49. The number of amides is 2. The van der Waals surface area contributed by atoms with E-state index in [1.807, 2.05) is 51.1 Å². The number of carbonyl (C=O) groups is 1. The van der Waals surface area contributed by atoms with Crippen molar-refractivity contribution in [3.63, 3.8) is 0 Å². The fourth-order valence-electron chi connectivity index (χ4n) is 2.21. The highest BCUT2D eigenvalue weighted by Gasteiger charge is 2.03. The number of urea groups is 1. The van der Waals surface area contributed by atoms with Gasteiger partial charge in [0.15, 0.2) is 6.73 Å². The Balaban J connectivity index is 1.83. The van der Waals surface area contributed by atoms with E-state index < -0.39 is 0 Å². The number of carbonyl (C=O) groups excluding carboxylic acids is 1. The molecule has 4 heteroatoms. The molecule has 2 aromatic carbocycles. The van der Waals surface area contributed by atoms with Gasteiger partial charge in [0.25, 0.3) is 0 Å². The van der Waals surface area contributed by atoms with Gasteiger partial charge in [-0.15, -0.1) is 0 Å². The second kappa shape index (κ2) is 6.98. The van der Waals surface area contributed by atoms with E-state index in [1.54, 1.807) is 0 Å². The molecule has 0 heterocycles. The molecule has 0 unspecified atom stereocenters. The van der Waals surface area contributed by atoms with Crippen LogP contribution in [0, 0.1) is 27.7 Å². The summed E-state index contributed by atoms with van der Waals surface area (Å²) in [5.74, 6) is 0.745. The van der Waals surface area contributed by atoms with E-state index in [9.17, 15) is 4.79 Å². The first-order valence-electron chi connectivity index (χ1n) is 7.27. The van der Waals surface area contributed by atoms with Gasteiger partial charge in [-0.25, -0.2) is 4.79 Å². The molecule has 0 aliphatic rings. The molecule has 0 aromatic heterocycles. The number of rotatable bonds is 4. The van der Waals surface area contributed by atoms with Gasteiger partial charge in [0.05, 0.1) is 0 Å². The van der Waals surface area contributed by atoms with Crippen LogP contribution in [0.3, 0.4) is 0 Å². The summed E-state index contributed by atoms with van der Waals surface area (Å²) in [7, 11) is 0. The van der Waals surface area contributed by atoms with Gasteiger partial charge in [-0.05, 0) is 74.2 Å². The monoisotopic (exact) mass is 298 g/mol. The average Bonchev–Trinajstić information content (AvgIpc) is 2.41. The van der Waals surface area contributed by atoms with E-state index in [0.717, 1.165) is 28.1 Å². The molecule has 0 fully saturated rings. The topological polar surface area (TPSA) is 50.4 Å². The number of hydrogen-bond donors (Lipinski definition) is 2. The minimum atomic E-state index is -0.283. The van der Waals surface area contributed by atoms with Crippen molar-refractivity contribution in [1.29, 1.82) is 0 Å². The Labute approximate surface area is 131 Å². The molecule has 0 bridgehead atoms. The van der Waals surface area contributed by atoms with Crippen molar-refractivity contribution < 1.29 is 9.53 Å². The highest BCUT2D eigenvalue weighted by atomic mass is 16.5. The summed E-state index contributed by atoms with van der Waals surface area (Å²) in [4.78, 5) is 11.8. The maximum atomic E-state index is 11.8. The first-order valence-corrected chi connectivity index (χ1v) is 7.27. The van der Waals surface area contributed by atoms with Gasteiger partial charge in [0, 0.05) is 5.69 Å². The van der Waals surface area contributed by atoms with E-state index in [4.69, 9.17) is 4.74 Å². The number of aryl methyl sites for hydroxylation is 4. The molecule has 0 saturated carbocycles. The van der Waals surface area contributed by atoms with Crippen LogP contribution in [0.4, 0.5) is 10.5 Å². The number of anilines is 1. The third kappa shape index (κ3) is 4.52. The minimum absolute atomic E-state index is 0.124. The second-order valence-electron chi connectivity index (χ2n) is 5.54. The lowest BCUT2D eigenvalue weighted by atomic mass is 10.1. The molecule has 2 amide bonds. The second-order valence-corrected chi connectivity index (χ2v) is 5.54. The van der Waals surface area contributed by atoms with Gasteiger partial charge in [0.1, 0.15) is 5.75 Å². The highest BCUT2D eigenvalue weighted by Crippen LogP contribution is 2.16. The van der Waals surface area contributed by atoms with E-state index in [0.29, 0.717) is 0 Å². The summed E-state index contributed by atoms with van der Waals surface area (Å²) in [6.07, 6.45) is 0. The largest absolute Gasteiger partial charge is 0.473 e. The molecule has 116 valence electrons. The third-order valence-corrected chi connectivity index (χ3v) is 3.43. The zero-order valence-corrected chi connectivity index (χ0v) is 13.5. The molecule has 4 nitrogen and oxygen atoms in total. The highest BCUT2D eigenvalue weighted by molar-refractivity contribution is 5.89. The molecular formula is C18H22N2O2. The fraction of sp³-hybridized carbons (Fsp3) is 0.278. The zero-order valence-electron chi connectivity index (χ0n) is 13.5. The van der Waals surface area contributed by atoms with Crippen molar-refractivity contribution in [2.24, 2.45) is 0 Å². The lowest BCUT2D eigenvalue weighted by molar-refractivity contribution is 0.234. The van der Waals surface area contributed by atoms with Crippen molar-refractivity contribution in [3.8, 4) is 5.75 Å². The van der Waals surface area contributed by atoms with Crippen LogP contribution in [-0.2, 0) is 0 Å². The predicted molar refractivity (Wildman–Crippen MR) is 89.5 cm³/mol. The van der Waals surface area contributed by atoms with E-state index in [2.05, 4.69) is 23.6 Å². The van der Waals surface area contributed by atoms with Crippen molar-refractivity contribution in [2.45, 2.75) is 27.7 Å². The lowest BCUT2D eigenvalue weighted by Crippen LogP contribution is -2.32. The molecule has 0 radical (unpaired) electrons. The standard InChI is InChI=1S/C18H22N2O2/c1-12-7-13(2)9-16(8-12)20-18(21)19-11-22-17-6-5-14(3)15(4)10-17/h5-10H,11H2,1-4H3,(H2,19,20,21). The van der Waals surface area contributed by atoms with Crippen LogP contribution in [-0.4, -0.2) is 12.8 Å².